The Kier molecular flexibility index (Phi) is 5.03. The molecule has 3 atom stereocenters. The zero-order valence-corrected chi connectivity index (χ0v) is 12.6. The molecule has 0 radical (unpaired) electrons. The molecule has 2 heteroatoms. The number of rotatable bonds is 7. The van der Waals surface area contributed by atoms with Crippen molar-refractivity contribution in [2.75, 3.05) is 13.2 Å². The van der Waals surface area contributed by atoms with Crippen molar-refractivity contribution in [2.45, 2.75) is 73.0 Å². The van der Waals surface area contributed by atoms with Gasteiger partial charge in [0.1, 0.15) is 0 Å². The summed E-state index contributed by atoms with van der Waals surface area (Å²) < 4.78 is 5.83. The molecule has 102 valence electrons. The molecular formula is C15H31NO. The highest BCUT2D eigenvalue weighted by atomic mass is 16.5. The van der Waals surface area contributed by atoms with Crippen LogP contribution in [0.2, 0.25) is 0 Å². The Labute approximate surface area is 108 Å². The van der Waals surface area contributed by atoms with E-state index in [1.54, 1.807) is 0 Å². The molecule has 2 nitrogen and oxygen atoms in total. The Balaban J connectivity index is 2.46. The summed E-state index contributed by atoms with van der Waals surface area (Å²) in [5.74, 6) is 0. The van der Waals surface area contributed by atoms with Gasteiger partial charge in [0.25, 0.3) is 0 Å². The molecule has 1 aliphatic rings. The largest absolute Gasteiger partial charge is 0.378 e. The fraction of sp³-hybridized carbons (Fsp3) is 1.00. The van der Waals surface area contributed by atoms with E-state index in [0.29, 0.717) is 23.0 Å². The Morgan fingerprint density at radius 2 is 1.94 bits per heavy atom. The van der Waals surface area contributed by atoms with Crippen LogP contribution in [0.4, 0.5) is 0 Å². The molecular weight excluding hydrogens is 210 g/mol. The van der Waals surface area contributed by atoms with Gasteiger partial charge >= 0.3 is 0 Å². The van der Waals surface area contributed by atoms with E-state index in [1.807, 2.05) is 0 Å². The van der Waals surface area contributed by atoms with Crippen molar-refractivity contribution < 1.29 is 4.74 Å². The van der Waals surface area contributed by atoms with E-state index in [0.717, 1.165) is 13.2 Å². The van der Waals surface area contributed by atoms with E-state index >= 15 is 0 Å². The number of hydrogen-bond donors (Lipinski definition) is 1. The lowest BCUT2D eigenvalue weighted by Gasteiger charge is -2.54. The summed E-state index contributed by atoms with van der Waals surface area (Å²) in [7, 11) is 0. The highest BCUT2D eigenvalue weighted by molar-refractivity contribution is 5.05. The summed E-state index contributed by atoms with van der Waals surface area (Å²) in [4.78, 5) is 0. The number of hydrogen-bond acceptors (Lipinski definition) is 2. The average Bonchev–Trinajstić information content (AvgIpc) is 2.31. The van der Waals surface area contributed by atoms with Crippen LogP contribution in [0, 0.1) is 10.8 Å². The topological polar surface area (TPSA) is 21.3 Å². The number of nitrogens with one attached hydrogen (secondary N) is 1. The third-order valence-electron chi connectivity index (χ3n) is 4.90. The third-order valence-corrected chi connectivity index (χ3v) is 4.90. The van der Waals surface area contributed by atoms with Crippen LogP contribution in [-0.2, 0) is 4.74 Å². The van der Waals surface area contributed by atoms with Crippen LogP contribution in [0.5, 0.6) is 0 Å². The lowest BCUT2D eigenvalue weighted by atomic mass is 9.61. The molecule has 0 heterocycles. The Bertz CT molecular complexity index is 239. The quantitative estimate of drug-likeness (QED) is 0.735. The van der Waals surface area contributed by atoms with Crippen LogP contribution in [0.15, 0.2) is 0 Å². The van der Waals surface area contributed by atoms with Crippen molar-refractivity contribution in [3.63, 3.8) is 0 Å². The van der Waals surface area contributed by atoms with Gasteiger partial charge in [-0.05, 0) is 31.6 Å². The van der Waals surface area contributed by atoms with Gasteiger partial charge in [0, 0.05) is 24.6 Å². The maximum atomic E-state index is 5.83. The van der Waals surface area contributed by atoms with Gasteiger partial charge in [-0.25, -0.2) is 0 Å². The summed E-state index contributed by atoms with van der Waals surface area (Å²) in [5, 5.41) is 3.76. The van der Waals surface area contributed by atoms with Crippen molar-refractivity contribution >= 4 is 0 Å². The summed E-state index contributed by atoms with van der Waals surface area (Å²) in [6, 6.07) is 0.634. The molecule has 0 spiro atoms. The predicted molar refractivity (Wildman–Crippen MR) is 74.3 cm³/mol. The van der Waals surface area contributed by atoms with Gasteiger partial charge in [-0.15, -0.1) is 0 Å². The number of ether oxygens (including phenoxy) is 1. The monoisotopic (exact) mass is 241 g/mol. The van der Waals surface area contributed by atoms with E-state index in [2.05, 4.69) is 46.9 Å². The van der Waals surface area contributed by atoms with Gasteiger partial charge < -0.3 is 10.1 Å². The smallest absolute Gasteiger partial charge is 0.0658 e. The molecule has 1 N–H and O–H groups in total. The van der Waals surface area contributed by atoms with Gasteiger partial charge in [0.2, 0.25) is 0 Å². The van der Waals surface area contributed by atoms with Crippen LogP contribution in [-0.4, -0.2) is 25.3 Å². The van der Waals surface area contributed by atoms with Crippen LogP contribution in [0.1, 0.15) is 60.8 Å². The standard InChI is InChI=1S/C15H31NO/c1-7-14(4,5)11-16-12-10-13(17-9-3)15(12,6)8-2/h12-13,16H,7-11H2,1-6H3. The predicted octanol–water partition coefficient (Wildman–Crippen LogP) is 3.61. The van der Waals surface area contributed by atoms with Crippen LogP contribution >= 0.6 is 0 Å². The van der Waals surface area contributed by atoms with E-state index in [9.17, 15) is 0 Å². The zero-order chi connectivity index (χ0) is 13.1. The molecule has 0 aromatic carbocycles. The zero-order valence-electron chi connectivity index (χ0n) is 12.6. The molecule has 0 saturated heterocycles. The first-order chi connectivity index (χ1) is 7.89. The van der Waals surface area contributed by atoms with E-state index in [1.165, 1.54) is 19.3 Å². The van der Waals surface area contributed by atoms with Gasteiger partial charge in [-0.3, -0.25) is 0 Å². The minimum Gasteiger partial charge on any atom is -0.378 e. The maximum absolute atomic E-state index is 5.83. The lowest BCUT2D eigenvalue weighted by molar-refractivity contribution is -0.127. The van der Waals surface area contributed by atoms with Crippen molar-refractivity contribution in [1.82, 2.24) is 5.32 Å². The van der Waals surface area contributed by atoms with Gasteiger partial charge in [0.05, 0.1) is 6.10 Å². The average molecular weight is 241 g/mol. The first-order valence-corrected chi connectivity index (χ1v) is 7.24. The van der Waals surface area contributed by atoms with E-state index in [4.69, 9.17) is 4.74 Å². The van der Waals surface area contributed by atoms with Crippen molar-refractivity contribution in [2.24, 2.45) is 10.8 Å². The van der Waals surface area contributed by atoms with Crippen LogP contribution in [0.25, 0.3) is 0 Å². The maximum Gasteiger partial charge on any atom is 0.0658 e. The lowest BCUT2D eigenvalue weighted by Crippen LogP contribution is -2.63. The first kappa shape index (κ1) is 15.0. The van der Waals surface area contributed by atoms with Crippen molar-refractivity contribution in [1.29, 1.82) is 0 Å². The SMILES string of the molecule is CCOC1CC(NCC(C)(C)CC)C1(C)CC. The second kappa shape index (κ2) is 5.71. The van der Waals surface area contributed by atoms with Gasteiger partial charge in [0.15, 0.2) is 0 Å². The minimum absolute atomic E-state index is 0.333. The first-order valence-electron chi connectivity index (χ1n) is 7.24. The normalized spacial score (nSPS) is 33.5. The van der Waals surface area contributed by atoms with Gasteiger partial charge in [-0.1, -0.05) is 34.6 Å². The van der Waals surface area contributed by atoms with Gasteiger partial charge in [-0.2, -0.15) is 0 Å². The van der Waals surface area contributed by atoms with E-state index < -0.39 is 0 Å². The fourth-order valence-corrected chi connectivity index (χ4v) is 2.59. The molecule has 1 saturated carbocycles. The second-order valence-corrected chi connectivity index (χ2v) is 6.49. The molecule has 3 unspecified atom stereocenters. The summed E-state index contributed by atoms with van der Waals surface area (Å²) >= 11 is 0. The van der Waals surface area contributed by atoms with E-state index in [-0.39, 0.29) is 0 Å². The highest BCUT2D eigenvalue weighted by Crippen LogP contribution is 2.46. The molecule has 0 aromatic heterocycles. The Morgan fingerprint density at radius 3 is 2.41 bits per heavy atom. The van der Waals surface area contributed by atoms with Crippen LogP contribution < -0.4 is 5.32 Å². The molecule has 0 bridgehead atoms. The fourth-order valence-electron chi connectivity index (χ4n) is 2.59. The molecule has 0 aromatic rings. The summed E-state index contributed by atoms with van der Waals surface area (Å²) in [6.45, 7) is 15.6. The minimum atomic E-state index is 0.333. The Morgan fingerprint density at radius 1 is 1.29 bits per heavy atom. The molecule has 1 rings (SSSR count). The Hall–Kier alpha value is -0.0800. The second-order valence-electron chi connectivity index (χ2n) is 6.49. The van der Waals surface area contributed by atoms with Crippen molar-refractivity contribution in [3.05, 3.63) is 0 Å². The molecule has 0 aliphatic heterocycles. The third kappa shape index (κ3) is 3.23. The molecule has 1 fully saturated rings. The summed E-state index contributed by atoms with van der Waals surface area (Å²) in [5.41, 5.74) is 0.741. The van der Waals surface area contributed by atoms with Crippen molar-refractivity contribution in [3.8, 4) is 0 Å². The molecule has 0 amide bonds. The summed E-state index contributed by atoms with van der Waals surface area (Å²) in [6.07, 6.45) is 4.06. The molecule has 17 heavy (non-hydrogen) atoms. The van der Waals surface area contributed by atoms with Crippen LogP contribution in [0.3, 0.4) is 0 Å². The highest BCUT2D eigenvalue weighted by Gasteiger charge is 2.50. The molecule has 1 aliphatic carbocycles.